The molecule has 0 unspecified atom stereocenters. The number of aryl methyl sites for hydroxylation is 1. The number of ether oxygens (including phenoxy) is 1. The normalized spacial score (nSPS) is 10.3. The summed E-state index contributed by atoms with van der Waals surface area (Å²) in [6, 6.07) is 1.60. The molecule has 0 spiro atoms. The maximum atomic E-state index is 12.1. The molecule has 0 saturated heterocycles. The van der Waals surface area contributed by atoms with Crippen molar-refractivity contribution in [2.45, 2.75) is 6.92 Å². The summed E-state index contributed by atoms with van der Waals surface area (Å²) < 4.78 is 6.36. The van der Waals surface area contributed by atoms with E-state index >= 15 is 0 Å². The summed E-state index contributed by atoms with van der Waals surface area (Å²) in [5.74, 6) is -0.936. The summed E-state index contributed by atoms with van der Waals surface area (Å²) in [6.45, 7) is 1.99. The number of esters is 1. The van der Waals surface area contributed by atoms with Crippen LogP contribution in [0.25, 0.3) is 0 Å². The monoisotopic (exact) mass is 294 g/mol. The fourth-order valence-corrected chi connectivity index (χ4v) is 2.39. The van der Waals surface area contributed by atoms with Gasteiger partial charge in [-0.1, -0.05) is 0 Å². The van der Waals surface area contributed by atoms with E-state index in [1.165, 1.54) is 22.2 Å². The van der Waals surface area contributed by atoms with Crippen LogP contribution in [0.3, 0.4) is 0 Å². The zero-order valence-electron chi connectivity index (χ0n) is 11.0. The molecule has 20 heavy (non-hydrogen) atoms. The number of amides is 1. The van der Waals surface area contributed by atoms with E-state index in [1.54, 1.807) is 25.4 Å². The second kappa shape index (κ2) is 5.74. The second-order valence-corrected chi connectivity index (χ2v) is 4.86. The lowest BCUT2D eigenvalue weighted by atomic mass is 10.3. The topological polar surface area (TPSA) is 99.2 Å². The third kappa shape index (κ3) is 2.80. The van der Waals surface area contributed by atoms with Crippen LogP contribution in [0.2, 0.25) is 0 Å². The Balaban J connectivity index is 2.19. The van der Waals surface area contributed by atoms with E-state index in [-0.39, 0.29) is 18.0 Å². The predicted octanol–water partition coefficient (Wildman–Crippen LogP) is 1.49. The smallest absolute Gasteiger partial charge is 0.341 e. The maximum absolute atomic E-state index is 12.1. The number of rotatable bonds is 4. The van der Waals surface area contributed by atoms with Gasteiger partial charge in [-0.2, -0.15) is 5.10 Å². The molecule has 2 aromatic rings. The molecule has 8 heteroatoms. The van der Waals surface area contributed by atoms with E-state index in [0.29, 0.717) is 10.6 Å². The van der Waals surface area contributed by atoms with Crippen molar-refractivity contribution < 1.29 is 14.3 Å². The fourth-order valence-electron chi connectivity index (χ4n) is 1.62. The number of carbonyl (C=O) groups excluding carboxylic acids is 2. The minimum absolute atomic E-state index is 0.121. The highest BCUT2D eigenvalue weighted by molar-refractivity contribution is 7.14. The lowest BCUT2D eigenvalue weighted by molar-refractivity contribution is 0.0528. The number of thiophene rings is 1. The largest absolute Gasteiger partial charge is 0.462 e. The van der Waals surface area contributed by atoms with Gasteiger partial charge in [0.2, 0.25) is 0 Å². The Hall–Kier alpha value is -2.35. The average molecular weight is 294 g/mol. The summed E-state index contributed by atoms with van der Waals surface area (Å²) in [6.07, 6.45) is 1.54. The molecule has 0 aliphatic heterocycles. The Kier molecular flexibility index (Phi) is 4.04. The lowest BCUT2D eigenvalue weighted by Gasteiger charge is -2.05. The zero-order chi connectivity index (χ0) is 14.7. The van der Waals surface area contributed by atoms with Crippen LogP contribution in [0.5, 0.6) is 0 Å². The molecule has 106 valence electrons. The van der Waals surface area contributed by atoms with Gasteiger partial charge >= 0.3 is 5.97 Å². The van der Waals surface area contributed by atoms with Gasteiger partial charge in [-0.25, -0.2) is 4.79 Å². The number of nitrogen functional groups attached to an aromatic ring is 1. The molecule has 2 aromatic heterocycles. The van der Waals surface area contributed by atoms with Gasteiger partial charge in [-0.15, -0.1) is 11.3 Å². The number of aromatic nitrogens is 2. The van der Waals surface area contributed by atoms with Crippen LogP contribution in [0, 0.1) is 0 Å². The van der Waals surface area contributed by atoms with Gasteiger partial charge < -0.3 is 15.8 Å². The Bertz CT molecular complexity index is 647. The minimum Gasteiger partial charge on any atom is -0.462 e. The maximum Gasteiger partial charge on any atom is 0.341 e. The number of nitrogens with two attached hydrogens (primary N) is 1. The lowest BCUT2D eigenvalue weighted by Crippen LogP contribution is -2.16. The number of anilines is 2. The summed E-state index contributed by atoms with van der Waals surface area (Å²) in [7, 11) is 1.67. The van der Waals surface area contributed by atoms with E-state index < -0.39 is 11.9 Å². The van der Waals surface area contributed by atoms with Crippen molar-refractivity contribution >= 4 is 33.9 Å². The first-order valence-electron chi connectivity index (χ1n) is 5.88. The van der Waals surface area contributed by atoms with Crippen LogP contribution in [-0.2, 0) is 11.8 Å². The highest BCUT2D eigenvalue weighted by Gasteiger charge is 2.19. The Labute approximate surface area is 119 Å². The van der Waals surface area contributed by atoms with Gasteiger partial charge in [-0.05, 0) is 18.4 Å². The summed E-state index contributed by atoms with van der Waals surface area (Å²) in [5, 5.41) is 8.71. The molecule has 0 aromatic carbocycles. The SMILES string of the molecule is CCOC(=O)c1ccsc1NC(=O)c1nn(C)cc1N. The van der Waals surface area contributed by atoms with E-state index in [2.05, 4.69) is 10.4 Å². The van der Waals surface area contributed by atoms with Crippen molar-refractivity contribution in [3.63, 3.8) is 0 Å². The van der Waals surface area contributed by atoms with Gasteiger partial charge in [0, 0.05) is 13.2 Å². The average Bonchev–Trinajstić information content (AvgIpc) is 2.96. The van der Waals surface area contributed by atoms with Crippen molar-refractivity contribution in [2.75, 3.05) is 17.7 Å². The first-order chi connectivity index (χ1) is 9.52. The molecule has 7 nitrogen and oxygen atoms in total. The van der Waals surface area contributed by atoms with Crippen molar-refractivity contribution in [3.05, 3.63) is 28.9 Å². The predicted molar refractivity (Wildman–Crippen MR) is 75.8 cm³/mol. The van der Waals surface area contributed by atoms with E-state index in [4.69, 9.17) is 10.5 Å². The number of hydrogen-bond acceptors (Lipinski definition) is 6. The highest BCUT2D eigenvalue weighted by atomic mass is 32.1. The number of hydrogen-bond donors (Lipinski definition) is 2. The van der Waals surface area contributed by atoms with Crippen LogP contribution in [0.15, 0.2) is 17.6 Å². The summed E-state index contributed by atoms with van der Waals surface area (Å²) >= 11 is 1.23. The van der Waals surface area contributed by atoms with Crippen molar-refractivity contribution in [3.8, 4) is 0 Å². The molecule has 1 amide bonds. The molecular formula is C12H14N4O3S. The second-order valence-electron chi connectivity index (χ2n) is 3.94. The van der Waals surface area contributed by atoms with Crippen molar-refractivity contribution in [1.29, 1.82) is 0 Å². The van der Waals surface area contributed by atoms with Crippen molar-refractivity contribution in [1.82, 2.24) is 9.78 Å². The van der Waals surface area contributed by atoms with Gasteiger partial charge in [-0.3, -0.25) is 9.48 Å². The zero-order valence-corrected chi connectivity index (χ0v) is 11.9. The summed E-state index contributed by atoms with van der Waals surface area (Å²) in [5.41, 5.74) is 6.40. The first kappa shape index (κ1) is 14.1. The number of nitrogens with one attached hydrogen (secondary N) is 1. The Morgan fingerprint density at radius 2 is 2.30 bits per heavy atom. The van der Waals surface area contributed by atoms with Crippen LogP contribution in [0.1, 0.15) is 27.8 Å². The molecule has 0 fully saturated rings. The third-order valence-electron chi connectivity index (χ3n) is 2.46. The molecule has 0 aliphatic rings. The molecule has 0 saturated carbocycles. The molecule has 0 bridgehead atoms. The first-order valence-corrected chi connectivity index (χ1v) is 6.76. The van der Waals surface area contributed by atoms with Crippen LogP contribution in [0.4, 0.5) is 10.7 Å². The molecule has 3 N–H and O–H groups in total. The molecule has 2 heterocycles. The molecule has 0 atom stereocenters. The van der Waals surface area contributed by atoms with Crippen molar-refractivity contribution in [2.24, 2.45) is 7.05 Å². The van der Waals surface area contributed by atoms with E-state index in [1.807, 2.05) is 0 Å². The molecule has 0 radical (unpaired) electrons. The van der Waals surface area contributed by atoms with Crippen LogP contribution >= 0.6 is 11.3 Å². The van der Waals surface area contributed by atoms with E-state index in [9.17, 15) is 9.59 Å². The molecule has 2 rings (SSSR count). The Morgan fingerprint density at radius 3 is 2.90 bits per heavy atom. The van der Waals surface area contributed by atoms with Crippen LogP contribution < -0.4 is 11.1 Å². The molecule has 0 aliphatic carbocycles. The van der Waals surface area contributed by atoms with Gasteiger partial charge in [0.15, 0.2) is 5.69 Å². The number of carbonyl (C=O) groups is 2. The fraction of sp³-hybridized carbons (Fsp3) is 0.250. The third-order valence-corrected chi connectivity index (χ3v) is 3.29. The minimum atomic E-state index is -0.474. The standard InChI is InChI=1S/C12H14N4O3S/c1-3-19-12(18)7-4-5-20-11(7)14-10(17)9-8(13)6-16(2)15-9/h4-6H,3,13H2,1-2H3,(H,14,17). The van der Waals surface area contributed by atoms with Gasteiger partial charge in [0.1, 0.15) is 5.00 Å². The molecular weight excluding hydrogens is 280 g/mol. The number of nitrogens with zero attached hydrogens (tertiary/aromatic N) is 2. The highest BCUT2D eigenvalue weighted by Crippen LogP contribution is 2.25. The van der Waals surface area contributed by atoms with Gasteiger partial charge in [0.05, 0.1) is 17.9 Å². The Morgan fingerprint density at radius 1 is 1.55 bits per heavy atom. The van der Waals surface area contributed by atoms with Crippen LogP contribution in [-0.4, -0.2) is 28.3 Å². The summed E-state index contributed by atoms with van der Waals surface area (Å²) in [4.78, 5) is 23.8. The van der Waals surface area contributed by atoms with E-state index in [0.717, 1.165) is 0 Å². The van der Waals surface area contributed by atoms with Gasteiger partial charge in [0.25, 0.3) is 5.91 Å². The quantitative estimate of drug-likeness (QED) is 0.832.